The lowest BCUT2D eigenvalue weighted by atomic mass is 10.2. The third kappa shape index (κ3) is 2.46. The van der Waals surface area contributed by atoms with Crippen LogP contribution in [0, 0.1) is 10.1 Å². The maximum Gasteiger partial charge on any atom is 0.389 e. The summed E-state index contributed by atoms with van der Waals surface area (Å²) in [5.41, 5.74) is 1.04. The van der Waals surface area contributed by atoms with Gasteiger partial charge >= 0.3 is 5.82 Å². The lowest BCUT2D eigenvalue weighted by molar-refractivity contribution is -0.389. The van der Waals surface area contributed by atoms with Crippen molar-refractivity contribution in [2.75, 3.05) is 0 Å². The third-order valence-electron chi connectivity index (χ3n) is 2.07. The summed E-state index contributed by atoms with van der Waals surface area (Å²) in [6.07, 6.45) is 1.60. The van der Waals surface area contributed by atoms with Crippen LogP contribution >= 0.6 is 15.9 Å². The van der Waals surface area contributed by atoms with Crippen LogP contribution in [-0.2, 0) is 6.54 Å². The fraction of sp³-hybridized carbons (Fsp3) is 0.100. The Kier molecular flexibility index (Phi) is 3.00. The van der Waals surface area contributed by atoms with Gasteiger partial charge in [0.05, 0.1) is 23.9 Å². The summed E-state index contributed by atoms with van der Waals surface area (Å²) < 4.78 is 2.55. The Bertz CT molecular complexity index is 507. The molecule has 0 N–H and O–H groups in total. The van der Waals surface area contributed by atoms with E-state index in [1.54, 1.807) is 10.9 Å². The molecule has 0 radical (unpaired) electrons. The summed E-state index contributed by atoms with van der Waals surface area (Å²) in [6, 6.07) is 9.12. The zero-order valence-corrected chi connectivity index (χ0v) is 9.79. The molecule has 0 saturated carbocycles. The van der Waals surface area contributed by atoms with Crippen LogP contribution in [0.4, 0.5) is 5.82 Å². The Morgan fingerprint density at radius 2 is 2.00 bits per heavy atom. The number of benzene rings is 1. The summed E-state index contributed by atoms with van der Waals surface area (Å²) in [5.74, 6) is -0.128. The fourth-order valence-corrected chi connectivity index (χ4v) is 1.58. The Morgan fingerprint density at radius 1 is 1.31 bits per heavy atom. The summed E-state index contributed by atoms with van der Waals surface area (Å²) in [7, 11) is 0. The van der Waals surface area contributed by atoms with Crippen molar-refractivity contribution in [3.8, 4) is 0 Å². The minimum Gasteiger partial charge on any atom is -0.358 e. The first-order chi connectivity index (χ1) is 7.65. The number of nitro groups is 1. The van der Waals surface area contributed by atoms with Gasteiger partial charge in [-0.15, -0.1) is 0 Å². The first kappa shape index (κ1) is 10.8. The molecule has 6 heteroatoms. The van der Waals surface area contributed by atoms with Crippen molar-refractivity contribution >= 4 is 21.7 Å². The van der Waals surface area contributed by atoms with Crippen molar-refractivity contribution in [2.45, 2.75) is 6.54 Å². The molecule has 2 aromatic rings. The Hall–Kier alpha value is -1.69. The molecule has 16 heavy (non-hydrogen) atoms. The number of nitrogens with zero attached hydrogens (tertiary/aromatic N) is 3. The predicted octanol–water partition coefficient (Wildman–Crippen LogP) is 2.60. The number of aromatic nitrogens is 2. The van der Waals surface area contributed by atoms with Crippen LogP contribution in [0.15, 0.2) is 41.0 Å². The normalized spacial score (nSPS) is 10.3. The van der Waals surface area contributed by atoms with Gasteiger partial charge in [-0.05, 0) is 22.6 Å². The highest BCUT2D eigenvalue weighted by atomic mass is 79.9. The quantitative estimate of drug-likeness (QED) is 0.642. The third-order valence-corrected chi connectivity index (χ3v) is 2.60. The van der Waals surface area contributed by atoms with Gasteiger partial charge in [0.25, 0.3) is 0 Å². The molecular weight excluding hydrogens is 274 g/mol. The van der Waals surface area contributed by atoms with Crippen LogP contribution in [0.5, 0.6) is 0 Å². The Balaban J connectivity index is 2.14. The molecule has 0 unspecified atom stereocenters. The van der Waals surface area contributed by atoms with Gasteiger partial charge in [-0.3, -0.25) is 0 Å². The van der Waals surface area contributed by atoms with E-state index in [-0.39, 0.29) is 5.82 Å². The Labute approximate surface area is 100.0 Å². The first-order valence-electron chi connectivity index (χ1n) is 4.57. The molecule has 0 aliphatic rings. The van der Waals surface area contributed by atoms with Crippen molar-refractivity contribution in [1.29, 1.82) is 0 Å². The van der Waals surface area contributed by atoms with E-state index in [4.69, 9.17) is 0 Å². The summed E-state index contributed by atoms with van der Waals surface area (Å²) in [6.45, 7) is 0.529. The second-order valence-corrected chi connectivity index (χ2v) is 4.17. The first-order valence-corrected chi connectivity index (χ1v) is 5.37. The maximum atomic E-state index is 10.4. The van der Waals surface area contributed by atoms with Gasteiger partial charge < -0.3 is 10.1 Å². The summed E-state index contributed by atoms with van der Waals surface area (Å²) in [5, 5.41) is 14.3. The van der Waals surface area contributed by atoms with Crippen LogP contribution in [0.1, 0.15) is 5.56 Å². The number of hydrogen-bond acceptors (Lipinski definition) is 3. The smallest absolute Gasteiger partial charge is 0.358 e. The number of rotatable bonds is 3. The molecule has 0 aliphatic carbocycles. The molecule has 0 atom stereocenters. The predicted molar refractivity (Wildman–Crippen MR) is 62.1 cm³/mol. The second kappa shape index (κ2) is 4.44. The highest BCUT2D eigenvalue weighted by Gasteiger charge is 2.10. The molecule has 82 valence electrons. The minimum atomic E-state index is -0.502. The van der Waals surface area contributed by atoms with E-state index in [0.717, 1.165) is 10.0 Å². The van der Waals surface area contributed by atoms with E-state index < -0.39 is 4.92 Å². The highest BCUT2D eigenvalue weighted by molar-refractivity contribution is 9.10. The highest BCUT2D eigenvalue weighted by Crippen LogP contribution is 2.12. The van der Waals surface area contributed by atoms with Crippen LogP contribution in [-0.4, -0.2) is 14.7 Å². The molecule has 1 aromatic carbocycles. The molecule has 1 aromatic heterocycles. The van der Waals surface area contributed by atoms with E-state index in [0.29, 0.717) is 6.54 Å². The minimum absolute atomic E-state index is 0.128. The van der Waals surface area contributed by atoms with Gasteiger partial charge in [0.15, 0.2) is 0 Å². The van der Waals surface area contributed by atoms with Crippen molar-refractivity contribution in [2.24, 2.45) is 0 Å². The summed E-state index contributed by atoms with van der Waals surface area (Å²) >= 11 is 3.34. The van der Waals surface area contributed by atoms with Crippen LogP contribution < -0.4 is 0 Å². The zero-order valence-electron chi connectivity index (χ0n) is 8.21. The van der Waals surface area contributed by atoms with Gasteiger partial charge in [0, 0.05) is 4.47 Å². The molecule has 5 nitrogen and oxygen atoms in total. The molecule has 0 bridgehead atoms. The number of hydrogen-bond donors (Lipinski definition) is 0. The zero-order chi connectivity index (χ0) is 11.5. The monoisotopic (exact) mass is 281 g/mol. The average molecular weight is 282 g/mol. The standard InChI is InChI=1S/C10H8BrN3O2/c11-9-3-1-8(2-4-9)7-13-6-5-10(12-13)14(15)16/h1-6H,7H2. The van der Waals surface area contributed by atoms with E-state index in [9.17, 15) is 10.1 Å². The van der Waals surface area contributed by atoms with E-state index >= 15 is 0 Å². The molecule has 2 rings (SSSR count). The maximum absolute atomic E-state index is 10.4. The van der Waals surface area contributed by atoms with E-state index in [2.05, 4.69) is 21.0 Å². The summed E-state index contributed by atoms with van der Waals surface area (Å²) in [4.78, 5) is 9.93. The topological polar surface area (TPSA) is 61.0 Å². The van der Waals surface area contributed by atoms with Crippen molar-refractivity contribution in [3.63, 3.8) is 0 Å². The average Bonchev–Trinajstić information content (AvgIpc) is 2.70. The fourth-order valence-electron chi connectivity index (χ4n) is 1.31. The molecule has 0 amide bonds. The molecule has 1 heterocycles. The lowest BCUT2D eigenvalue weighted by Gasteiger charge is -1.98. The SMILES string of the molecule is O=[N+]([O-])c1ccn(Cc2ccc(Br)cc2)n1. The van der Waals surface area contributed by atoms with Crippen LogP contribution in [0.3, 0.4) is 0 Å². The van der Waals surface area contributed by atoms with Crippen LogP contribution in [0.25, 0.3) is 0 Å². The van der Waals surface area contributed by atoms with Gasteiger partial charge in [0.2, 0.25) is 0 Å². The van der Waals surface area contributed by atoms with Crippen LogP contribution in [0.2, 0.25) is 0 Å². The van der Waals surface area contributed by atoms with Crippen molar-refractivity contribution in [3.05, 3.63) is 56.7 Å². The second-order valence-electron chi connectivity index (χ2n) is 3.26. The van der Waals surface area contributed by atoms with Crippen molar-refractivity contribution < 1.29 is 4.92 Å². The molecule has 0 fully saturated rings. The molecule has 0 saturated heterocycles. The van der Waals surface area contributed by atoms with Gasteiger partial charge in [-0.2, -0.15) is 4.68 Å². The van der Waals surface area contributed by atoms with E-state index in [1.807, 2.05) is 24.3 Å². The largest absolute Gasteiger partial charge is 0.389 e. The Morgan fingerprint density at radius 3 is 2.56 bits per heavy atom. The number of halogens is 1. The van der Waals surface area contributed by atoms with Crippen molar-refractivity contribution in [1.82, 2.24) is 9.78 Å². The van der Waals surface area contributed by atoms with Gasteiger partial charge in [-0.1, -0.05) is 28.1 Å². The van der Waals surface area contributed by atoms with Gasteiger partial charge in [0.1, 0.15) is 0 Å². The van der Waals surface area contributed by atoms with Gasteiger partial charge in [-0.25, -0.2) is 0 Å². The molecule has 0 aliphatic heterocycles. The molecule has 0 spiro atoms. The van der Waals surface area contributed by atoms with E-state index in [1.165, 1.54) is 6.07 Å². The molecular formula is C10H8BrN3O2. The lowest BCUT2D eigenvalue weighted by Crippen LogP contribution is -2.01.